The number of nitrogens with one attached hydrogen (secondary N) is 1. The molecule has 1 amide bonds. The van der Waals surface area contributed by atoms with Crippen LogP contribution in [0.5, 0.6) is 0 Å². The third kappa shape index (κ3) is 3.39. The molecule has 5 heteroatoms. The number of benzene rings is 1. The van der Waals surface area contributed by atoms with E-state index < -0.39 is 0 Å². The highest BCUT2D eigenvalue weighted by atomic mass is 19.1. The van der Waals surface area contributed by atoms with E-state index in [1.54, 1.807) is 37.4 Å². The lowest BCUT2D eigenvalue weighted by Gasteiger charge is -2.14. The van der Waals surface area contributed by atoms with E-state index in [-0.39, 0.29) is 17.8 Å². The molecule has 1 heterocycles. The molecule has 1 aromatic heterocycles. The van der Waals surface area contributed by atoms with Crippen LogP contribution in [0.1, 0.15) is 34.6 Å². The van der Waals surface area contributed by atoms with Crippen molar-refractivity contribution in [2.75, 3.05) is 0 Å². The summed E-state index contributed by atoms with van der Waals surface area (Å²) in [6.07, 6.45) is 1.57. The molecule has 1 atom stereocenters. The minimum absolute atomic E-state index is 0.297. The van der Waals surface area contributed by atoms with Crippen molar-refractivity contribution in [3.63, 3.8) is 0 Å². The van der Waals surface area contributed by atoms with E-state index in [1.807, 2.05) is 0 Å². The summed E-state index contributed by atoms with van der Waals surface area (Å²) in [5.74, 6) is -0.626. The lowest BCUT2D eigenvalue weighted by atomic mass is 10.1. The van der Waals surface area contributed by atoms with Gasteiger partial charge in [0.05, 0.1) is 6.04 Å². The number of halogens is 1. The summed E-state index contributed by atoms with van der Waals surface area (Å²) >= 11 is 0. The Kier molecular flexibility index (Phi) is 4.42. The Morgan fingerprint density at radius 1 is 1.40 bits per heavy atom. The molecule has 0 saturated heterocycles. The molecule has 104 valence electrons. The Morgan fingerprint density at radius 3 is 2.80 bits per heavy atom. The standard InChI is InChI=1S/C15H16FN3O/c1-10(12-3-2-4-13(16)7-12)19-15(20)14-6-5-11(8-17)9-18-14/h2-7,9-10H,8,17H2,1H3,(H,19,20). The number of hydrogen-bond acceptors (Lipinski definition) is 3. The summed E-state index contributed by atoms with van der Waals surface area (Å²) in [6, 6.07) is 9.22. The van der Waals surface area contributed by atoms with Gasteiger partial charge in [-0.2, -0.15) is 0 Å². The Hall–Kier alpha value is -2.27. The number of pyridine rings is 1. The summed E-state index contributed by atoms with van der Waals surface area (Å²) in [7, 11) is 0. The van der Waals surface area contributed by atoms with Crippen molar-refractivity contribution in [1.82, 2.24) is 10.3 Å². The molecular weight excluding hydrogens is 257 g/mol. The first-order valence-corrected chi connectivity index (χ1v) is 6.31. The largest absolute Gasteiger partial charge is 0.344 e. The smallest absolute Gasteiger partial charge is 0.270 e. The fourth-order valence-electron chi connectivity index (χ4n) is 1.81. The lowest BCUT2D eigenvalue weighted by Crippen LogP contribution is -2.27. The topological polar surface area (TPSA) is 68.0 Å². The molecule has 2 rings (SSSR count). The maximum Gasteiger partial charge on any atom is 0.270 e. The van der Waals surface area contributed by atoms with Gasteiger partial charge in [0.1, 0.15) is 11.5 Å². The zero-order chi connectivity index (χ0) is 14.5. The molecule has 3 N–H and O–H groups in total. The van der Waals surface area contributed by atoms with E-state index in [0.717, 1.165) is 5.56 Å². The molecule has 0 aliphatic carbocycles. The van der Waals surface area contributed by atoms with Gasteiger partial charge in [0, 0.05) is 12.7 Å². The summed E-state index contributed by atoms with van der Waals surface area (Å²) in [5.41, 5.74) is 7.35. The molecule has 20 heavy (non-hydrogen) atoms. The van der Waals surface area contributed by atoms with Crippen LogP contribution < -0.4 is 11.1 Å². The van der Waals surface area contributed by atoms with Crippen LogP contribution >= 0.6 is 0 Å². The van der Waals surface area contributed by atoms with Crippen molar-refractivity contribution in [3.8, 4) is 0 Å². The van der Waals surface area contributed by atoms with Crippen LogP contribution in [0.2, 0.25) is 0 Å². The molecule has 0 aliphatic heterocycles. The van der Waals surface area contributed by atoms with Gasteiger partial charge in [-0.25, -0.2) is 4.39 Å². The Morgan fingerprint density at radius 2 is 2.20 bits per heavy atom. The van der Waals surface area contributed by atoms with Gasteiger partial charge in [-0.1, -0.05) is 18.2 Å². The Balaban J connectivity index is 2.06. The predicted octanol–water partition coefficient (Wildman–Crippen LogP) is 2.17. The van der Waals surface area contributed by atoms with E-state index >= 15 is 0 Å². The minimum atomic E-state index is -0.325. The van der Waals surface area contributed by atoms with Gasteiger partial charge in [-0.15, -0.1) is 0 Å². The van der Waals surface area contributed by atoms with E-state index in [4.69, 9.17) is 5.73 Å². The maximum absolute atomic E-state index is 13.1. The second kappa shape index (κ2) is 6.25. The zero-order valence-corrected chi connectivity index (χ0v) is 11.1. The average Bonchev–Trinajstić information content (AvgIpc) is 2.47. The first-order chi connectivity index (χ1) is 9.60. The maximum atomic E-state index is 13.1. The number of nitrogens with two attached hydrogens (primary N) is 1. The van der Waals surface area contributed by atoms with Crippen molar-refractivity contribution < 1.29 is 9.18 Å². The number of amides is 1. The fraction of sp³-hybridized carbons (Fsp3) is 0.200. The molecule has 4 nitrogen and oxygen atoms in total. The molecule has 0 saturated carbocycles. The third-order valence-electron chi connectivity index (χ3n) is 2.99. The molecule has 0 aliphatic rings. The lowest BCUT2D eigenvalue weighted by molar-refractivity contribution is 0.0934. The van der Waals surface area contributed by atoms with Gasteiger partial charge >= 0.3 is 0 Å². The number of aromatic nitrogens is 1. The van der Waals surface area contributed by atoms with E-state index in [1.165, 1.54) is 12.1 Å². The van der Waals surface area contributed by atoms with Crippen molar-refractivity contribution in [2.24, 2.45) is 5.73 Å². The van der Waals surface area contributed by atoms with Gasteiger partial charge in [-0.3, -0.25) is 9.78 Å². The number of rotatable bonds is 4. The van der Waals surface area contributed by atoms with E-state index in [0.29, 0.717) is 17.8 Å². The van der Waals surface area contributed by atoms with E-state index in [2.05, 4.69) is 10.3 Å². The minimum Gasteiger partial charge on any atom is -0.344 e. The summed E-state index contributed by atoms with van der Waals surface area (Å²) in [6.45, 7) is 2.18. The summed E-state index contributed by atoms with van der Waals surface area (Å²) in [4.78, 5) is 16.1. The molecule has 0 radical (unpaired) electrons. The Labute approximate surface area is 116 Å². The first kappa shape index (κ1) is 14.1. The third-order valence-corrected chi connectivity index (χ3v) is 2.99. The predicted molar refractivity (Wildman–Crippen MR) is 74.4 cm³/mol. The highest BCUT2D eigenvalue weighted by molar-refractivity contribution is 5.92. The van der Waals surface area contributed by atoms with Crippen LogP contribution in [-0.4, -0.2) is 10.9 Å². The van der Waals surface area contributed by atoms with Crippen LogP contribution in [0.15, 0.2) is 42.6 Å². The van der Waals surface area contributed by atoms with Crippen molar-refractivity contribution in [2.45, 2.75) is 19.5 Å². The van der Waals surface area contributed by atoms with Crippen LogP contribution in [0.25, 0.3) is 0 Å². The highest BCUT2D eigenvalue weighted by Crippen LogP contribution is 2.14. The van der Waals surface area contributed by atoms with Crippen LogP contribution in [0.4, 0.5) is 4.39 Å². The highest BCUT2D eigenvalue weighted by Gasteiger charge is 2.12. The second-order valence-corrected chi connectivity index (χ2v) is 4.51. The summed E-state index contributed by atoms with van der Waals surface area (Å²) < 4.78 is 13.1. The summed E-state index contributed by atoms with van der Waals surface area (Å²) in [5, 5.41) is 2.78. The van der Waals surface area contributed by atoms with Crippen molar-refractivity contribution in [1.29, 1.82) is 0 Å². The fourth-order valence-corrected chi connectivity index (χ4v) is 1.81. The number of hydrogen-bond donors (Lipinski definition) is 2. The average molecular weight is 273 g/mol. The number of carbonyl (C=O) groups excluding carboxylic acids is 1. The quantitative estimate of drug-likeness (QED) is 0.897. The van der Waals surface area contributed by atoms with Crippen molar-refractivity contribution >= 4 is 5.91 Å². The van der Waals surface area contributed by atoms with Gasteiger partial charge in [0.15, 0.2) is 0 Å². The molecule has 0 bridgehead atoms. The normalized spacial score (nSPS) is 11.9. The SMILES string of the molecule is CC(NC(=O)c1ccc(CN)cn1)c1cccc(F)c1. The first-order valence-electron chi connectivity index (χ1n) is 6.31. The van der Waals surface area contributed by atoms with Gasteiger partial charge in [-0.05, 0) is 36.2 Å². The van der Waals surface area contributed by atoms with Crippen LogP contribution in [0.3, 0.4) is 0 Å². The van der Waals surface area contributed by atoms with Gasteiger partial charge in [0.2, 0.25) is 0 Å². The van der Waals surface area contributed by atoms with Crippen LogP contribution in [-0.2, 0) is 6.54 Å². The van der Waals surface area contributed by atoms with Crippen molar-refractivity contribution in [3.05, 3.63) is 65.2 Å². The molecule has 1 unspecified atom stereocenters. The molecule has 0 spiro atoms. The molecule has 1 aromatic carbocycles. The molecular formula is C15H16FN3O. The monoisotopic (exact) mass is 273 g/mol. The van der Waals surface area contributed by atoms with Gasteiger partial charge in [0.25, 0.3) is 5.91 Å². The molecule has 2 aromatic rings. The molecule has 0 fully saturated rings. The number of nitrogens with zero attached hydrogens (tertiary/aromatic N) is 1. The van der Waals surface area contributed by atoms with Gasteiger partial charge < -0.3 is 11.1 Å². The second-order valence-electron chi connectivity index (χ2n) is 4.51. The van der Waals surface area contributed by atoms with Crippen LogP contribution in [0, 0.1) is 5.82 Å². The van der Waals surface area contributed by atoms with E-state index in [9.17, 15) is 9.18 Å². The number of carbonyl (C=O) groups is 1. The Bertz CT molecular complexity index is 598. The zero-order valence-electron chi connectivity index (χ0n) is 11.1.